The first-order valence-corrected chi connectivity index (χ1v) is 7.55. The normalized spacial score (nSPS) is 10.4. The Hall–Kier alpha value is -1.62. The zero-order valence-corrected chi connectivity index (χ0v) is 13.6. The van der Waals surface area contributed by atoms with E-state index in [0.29, 0.717) is 0 Å². The monoisotopic (exact) mass is 334 g/mol. The van der Waals surface area contributed by atoms with Gasteiger partial charge in [-0.05, 0) is 53.9 Å². The summed E-state index contributed by atoms with van der Waals surface area (Å²) >= 11 is 3.56. The number of nitrogens with one attached hydrogen (secondary N) is 2. The van der Waals surface area contributed by atoms with Crippen molar-refractivity contribution in [1.29, 1.82) is 0 Å². The molecule has 0 bridgehead atoms. The van der Waals surface area contributed by atoms with Crippen LogP contribution in [0.2, 0.25) is 0 Å². The first-order chi connectivity index (χ1) is 9.65. The van der Waals surface area contributed by atoms with Gasteiger partial charge in [-0.3, -0.25) is 0 Å². The van der Waals surface area contributed by atoms with E-state index in [1.807, 2.05) is 6.07 Å². The van der Waals surface area contributed by atoms with Crippen molar-refractivity contribution in [2.75, 3.05) is 17.2 Å². The predicted octanol–water partition coefficient (Wildman–Crippen LogP) is 4.29. The molecule has 2 rings (SSSR count). The van der Waals surface area contributed by atoms with Crippen LogP contribution in [-0.2, 0) is 6.42 Å². The maximum atomic E-state index is 4.38. The third-order valence-electron chi connectivity index (χ3n) is 3.02. The van der Waals surface area contributed by atoms with Gasteiger partial charge in [0.25, 0.3) is 0 Å². The second-order valence-corrected chi connectivity index (χ2v) is 5.40. The van der Waals surface area contributed by atoms with E-state index in [1.54, 1.807) is 6.33 Å². The quantitative estimate of drug-likeness (QED) is 0.856. The number of nitrogens with zero attached hydrogens (tertiary/aromatic N) is 2. The lowest BCUT2D eigenvalue weighted by atomic mass is 10.2. The Labute approximate surface area is 128 Å². The minimum Gasteiger partial charge on any atom is -0.370 e. The number of benzene rings is 1. The van der Waals surface area contributed by atoms with Crippen LogP contribution in [0, 0.1) is 6.92 Å². The van der Waals surface area contributed by atoms with Gasteiger partial charge < -0.3 is 10.6 Å². The fourth-order valence-electron chi connectivity index (χ4n) is 2.04. The van der Waals surface area contributed by atoms with Gasteiger partial charge in [0.2, 0.25) is 0 Å². The molecule has 0 saturated carbocycles. The number of hydrogen-bond donors (Lipinski definition) is 2. The van der Waals surface area contributed by atoms with Gasteiger partial charge in [0.15, 0.2) is 0 Å². The molecule has 0 aliphatic carbocycles. The highest BCUT2D eigenvalue weighted by Crippen LogP contribution is 2.29. The number of aromatic nitrogens is 2. The van der Waals surface area contributed by atoms with Crippen molar-refractivity contribution in [2.24, 2.45) is 0 Å². The van der Waals surface area contributed by atoms with Crippen LogP contribution in [-0.4, -0.2) is 16.5 Å². The average Bonchev–Trinajstić information content (AvgIpc) is 2.43. The molecule has 1 heterocycles. The standard InChI is InChI=1S/C15H19BrN4/c1-4-11-14(17-5-2)18-9-19-15(11)20-13-8-10(3)6-7-12(13)16/h6-9H,4-5H2,1-3H3,(H2,17,18,19,20). The van der Waals surface area contributed by atoms with E-state index in [2.05, 4.69) is 69.4 Å². The molecule has 0 amide bonds. The Morgan fingerprint density at radius 3 is 2.60 bits per heavy atom. The van der Waals surface area contributed by atoms with Gasteiger partial charge in [0, 0.05) is 16.6 Å². The number of anilines is 3. The van der Waals surface area contributed by atoms with Crippen LogP contribution in [0.15, 0.2) is 29.0 Å². The van der Waals surface area contributed by atoms with Crippen LogP contribution in [0.1, 0.15) is 25.0 Å². The molecule has 20 heavy (non-hydrogen) atoms. The van der Waals surface area contributed by atoms with Crippen molar-refractivity contribution < 1.29 is 0 Å². The Bertz CT molecular complexity index is 598. The number of halogens is 1. The third-order valence-corrected chi connectivity index (χ3v) is 3.71. The highest BCUT2D eigenvalue weighted by atomic mass is 79.9. The summed E-state index contributed by atoms with van der Waals surface area (Å²) in [6, 6.07) is 6.20. The Kier molecular flexibility index (Phi) is 4.95. The molecule has 2 N–H and O–H groups in total. The van der Waals surface area contributed by atoms with Crippen molar-refractivity contribution in [2.45, 2.75) is 27.2 Å². The lowest BCUT2D eigenvalue weighted by Crippen LogP contribution is -2.07. The summed E-state index contributed by atoms with van der Waals surface area (Å²) in [5.41, 5.74) is 3.32. The second kappa shape index (κ2) is 6.70. The molecule has 0 radical (unpaired) electrons. The predicted molar refractivity (Wildman–Crippen MR) is 87.7 cm³/mol. The minimum absolute atomic E-state index is 0.845. The third kappa shape index (κ3) is 3.28. The summed E-state index contributed by atoms with van der Waals surface area (Å²) in [6.07, 6.45) is 2.46. The summed E-state index contributed by atoms with van der Waals surface area (Å²) in [5, 5.41) is 6.67. The molecule has 5 heteroatoms. The van der Waals surface area contributed by atoms with E-state index in [4.69, 9.17) is 0 Å². The fourth-order valence-corrected chi connectivity index (χ4v) is 2.38. The summed E-state index contributed by atoms with van der Waals surface area (Å²) in [6.45, 7) is 7.09. The molecule has 0 saturated heterocycles. The summed E-state index contributed by atoms with van der Waals surface area (Å²) in [4.78, 5) is 8.68. The maximum Gasteiger partial charge on any atom is 0.139 e. The van der Waals surface area contributed by atoms with Crippen molar-refractivity contribution in [3.63, 3.8) is 0 Å². The zero-order chi connectivity index (χ0) is 14.5. The van der Waals surface area contributed by atoms with Gasteiger partial charge in [-0.2, -0.15) is 0 Å². The van der Waals surface area contributed by atoms with Crippen molar-refractivity contribution in [3.05, 3.63) is 40.1 Å². The van der Waals surface area contributed by atoms with Gasteiger partial charge in [-0.15, -0.1) is 0 Å². The van der Waals surface area contributed by atoms with Crippen LogP contribution in [0.5, 0.6) is 0 Å². The van der Waals surface area contributed by atoms with Crippen molar-refractivity contribution >= 4 is 33.3 Å². The summed E-state index contributed by atoms with van der Waals surface area (Å²) in [7, 11) is 0. The number of rotatable bonds is 5. The molecule has 1 aromatic heterocycles. The SMILES string of the molecule is CCNc1ncnc(Nc2cc(C)ccc2Br)c1CC. The summed E-state index contributed by atoms with van der Waals surface area (Å²) < 4.78 is 1.02. The van der Waals surface area contributed by atoms with Gasteiger partial charge in [-0.1, -0.05) is 13.0 Å². The molecular formula is C15H19BrN4. The first kappa shape index (κ1) is 14.8. The molecule has 4 nitrogen and oxygen atoms in total. The van der Waals surface area contributed by atoms with Crippen LogP contribution in [0.25, 0.3) is 0 Å². The van der Waals surface area contributed by atoms with Gasteiger partial charge in [-0.25, -0.2) is 9.97 Å². The summed E-state index contributed by atoms with van der Waals surface area (Å²) in [5.74, 6) is 1.75. The van der Waals surface area contributed by atoms with Gasteiger partial charge in [0.1, 0.15) is 18.0 Å². The first-order valence-electron chi connectivity index (χ1n) is 6.76. The molecule has 0 unspecified atom stereocenters. The highest BCUT2D eigenvalue weighted by molar-refractivity contribution is 9.10. The van der Waals surface area contributed by atoms with E-state index in [9.17, 15) is 0 Å². The van der Waals surface area contributed by atoms with Crippen LogP contribution in [0.3, 0.4) is 0 Å². The van der Waals surface area contributed by atoms with Gasteiger partial charge in [0.05, 0.1) is 5.69 Å². The molecule has 0 aliphatic rings. The molecule has 0 spiro atoms. The van der Waals surface area contributed by atoms with Crippen LogP contribution in [0.4, 0.5) is 17.3 Å². The van der Waals surface area contributed by atoms with E-state index in [0.717, 1.165) is 40.3 Å². The van der Waals surface area contributed by atoms with Crippen molar-refractivity contribution in [3.8, 4) is 0 Å². The second-order valence-electron chi connectivity index (χ2n) is 4.54. The smallest absolute Gasteiger partial charge is 0.139 e. The molecule has 1 aromatic carbocycles. The Morgan fingerprint density at radius 2 is 1.90 bits per heavy atom. The molecular weight excluding hydrogens is 316 g/mol. The topological polar surface area (TPSA) is 49.8 Å². The molecule has 0 atom stereocenters. The fraction of sp³-hybridized carbons (Fsp3) is 0.333. The van der Waals surface area contributed by atoms with Gasteiger partial charge >= 0.3 is 0 Å². The van der Waals surface area contributed by atoms with E-state index >= 15 is 0 Å². The largest absolute Gasteiger partial charge is 0.370 e. The van der Waals surface area contributed by atoms with E-state index in [-0.39, 0.29) is 0 Å². The molecule has 106 valence electrons. The zero-order valence-electron chi connectivity index (χ0n) is 12.0. The number of hydrogen-bond acceptors (Lipinski definition) is 4. The van der Waals surface area contributed by atoms with Crippen LogP contribution < -0.4 is 10.6 Å². The Morgan fingerprint density at radius 1 is 1.15 bits per heavy atom. The maximum absolute atomic E-state index is 4.38. The molecule has 2 aromatic rings. The molecule has 0 aliphatic heterocycles. The lowest BCUT2D eigenvalue weighted by molar-refractivity contribution is 1.03. The number of aryl methyl sites for hydroxylation is 1. The Balaban J connectivity index is 2.37. The van der Waals surface area contributed by atoms with E-state index < -0.39 is 0 Å². The van der Waals surface area contributed by atoms with E-state index in [1.165, 1.54) is 5.56 Å². The highest BCUT2D eigenvalue weighted by Gasteiger charge is 2.10. The average molecular weight is 335 g/mol. The lowest BCUT2D eigenvalue weighted by Gasteiger charge is -2.15. The molecule has 0 fully saturated rings. The minimum atomic E-state index is 0.845. The van der Waals surface area contributed by atoms with Crippen LogP contribution >= 0.6 is 15.9 Å². The van der Waals surface area contributed by atoms with Crippen molar-refractivity contribution in [1.82, 2.24) is 9.97 Å².